The fourth-order valence-corrected chi connectivity index (χ4v) is 12.8. The molecule has 2 saturated carbocycles. The van der Waals surface area contributed by atoms with E-state index in [0.717, 1.165) is 112 Å². The van der Waals surface area contributed by atoms with Gasteiger partial charge in [-0.15, -0.1) is 0 Å². The van der Waals surface area contributed by atoms with E-state index in [4.69, 9.17) is 0 Å². The Morgan fingerprint density at radius 2 is 0.826 bits per heavy atom. The molecule has 86 heavy (non-hydrogen) atoms. The van der Waals surface area contributed by atoms with E-state index in [0.29, 0.717) is 63.2 Å². The lowest BCUT2D eigenvalue weighted by Crippen LogP contribution is -2.57. The van der Waals surface area contributed by atoms with E-state index in [9.17, 15) is 38.4 Å². The molecular formula is C68H92N10O8. The molecule has 0 spiro atoms. The summed E-state index contributed by atoms with van der Waals surface area (Å²) in [5, 5.41) is 17.9. The molecule has 8 amide bonds. The van der Waals surface area contributed by atoms with Gasteiger partial charge in [-0.2, -0.15) is 0 Å². The highest BCUT2D eigenvalue weighted by Crippen LogP contribution is 2.32. The van der Waals surface area contributed by atoms with Crippen molar-refractivity contribution in [3.63, 3.8) is 0 Å². The van der Waals surface area contributed by atoms with Crippen LogP contribution in [0.15, 0.2) is 109 Å². The van der Waals surface area contributed by atoms with Crippen LogP contribution < -0.4 is 31.9 Å². The fraction of sp³-hybridized carbons (Fsp3) is 0.529. The SMILES string of the molecule is CN[C@@H](C)C(=O)N[C@H](C(=O)N1CCC[C@@H]1CN(CCc1ccccc1)C(=O)CNC(=O)c1ccc(-c2ccc(C(=O)NCC(=O)N(CCc3ccccc3)C[C@@H]3CCCN3C(=O)[C@@H](NC(=O)[C@H](C)NC)C3CCCCC3)cc2)cc1)C1CCCCC1. The highest BCUT2D eigenvalue weighted by Gasteiger charge is 2.41. The number of nitrogens with one attached hydrogen (secondary N) is 6. The molecule has 18 nitrogen and oxygen atoms in total. The minimum Gasteiger partial charge on any atom is -0.343 e. The summed E-state index contributed by atoms with van der Waals surface area (Å²) in [6, 6.07) is 31.2. The van der Waals surface area contributed by atoms with Crippen molar-refractivity contribution in [2.45, 2.75) is 153 Å². The Kier molecular flexibility index (Phi) is 24.3. The zero-order valence-corrected chi connectivity index (χ0v) is 51.0. The zero-order chi connectivity index (χ0) is 61.0. The molecule has 462 valence electrons. The Bertz CT molecular complexity index is 2690. The summed E-state index contributed by atoms with van der Waals surface area (Å²) >= 11 is 0. The highest BCUT2D eigenvalue weighted by atomic mass is 16.2. The normalized spacial score (nSPS) is 18.7. The lowest BCUT2D eigenvalue weighted by Gasteiger charge is -2.37. The summed E-state index contributed by atoms with van der Waals surface area (Å²) in [6.45, 7) is 5.59. The number of rotatable bonds is 27. The van der Waals surface area contributed by atoms with Crippen LogP contribution in [-0.2, 0) is 41.6 Å². The lowest BCUT2D eigenvalue weighted by atomic mass is 9.83. The van der Waals surface area contributed by atoms with Crippen LogP contribution in [0.1, 0.15) is 136 Å². The number of carbonyl (C=O) groups excluding carboxylic acids is 8. The maximum absolute atomic E-state index is 14.5. The first kappa shape index (κ1) is 64.6. The zero-order valence-electron chi connectivity index (χ0n) is 51.0. The first-order valence-corrected chi connectivity index (χ1v) is 31.7. The fourth-order valence-electron chi connectivity index (χ4n) is 12.8. The summed E-state index contributed by atoms with van der Waals surface area (Å²) in [7, 11) is 3.45. The Balaban J connectivity index is 0.863. The van der Waals surface area contributed by atoms with Crippen LogP contribution in [0, 0.1) is 11.8 Å². The number of likely N-dealkylation sites (tertiary alicyclic amines) is 2. The third kappa shape index (κ3) is 17.8. The Morgan fingerprint density at radius 3 is 1.17 bits per heavy atom. The van der Waals surface area contributed by atoms with E-state index >= 15 is 0 Å². The topological polar surface area (TPSA) is 222 Å². The molecule has 0 aromatic heterocycles. The average molecular weight is 1180 g/mol. The van der Waals surface area contributed by atoms with Crippen molar-refractivity contribution in [1.29, 1.82) is 0 Å². The van der Waals surface area contributed by atoms with E-state index in [1.165, 1.54) is 0 Å². The van der Waals surface area contributed by atoms with Crippen LogP contribution in [0.2, 0.25) is 0 Å². The van der Waals surface area contributed by atoms with Crippen LogP contribution >= 0.6 is 0 Å². The van der Waals surface area contributed by atoms with Gasteiger partial charge in [0.05, 0.1) is 25.2 Å². The van der Waals surface area contributed by atoms with Gasteiger partial charge in [-0.05, 0) is 151 Å². The summed E-state index contributed by atoms with van der Waals surface area (Å²) < 4.78 is 0. The average Bonchev–Trinajstić information content (AvgIpc) is 3.06. The molecule has 8 rings (SSSR count). The van der Waals surface area contributed by atoms with Crippen LogP contribution in [0.5, 0.6) is 0 Å². The van der Waals surface area contributed by atoms with Gasteiger partial charge >= 0.3 is 0 Å². The molecular weight excluding hydrogens is 1080 g/mol. The molecule has 0 radical (unpaired) electrons. The molecule has 0 bridgehead atoms. The monoisotopic (exact) mass is 1180 g/mol. The van der Waals surface area contributed by atoms with Crippen molar-refractivity contribution in [3.05, 3.63) is 131 Å². The highest BCUT2D eigenvalue weighted by molar-refractivity contribution is 5.98. The van der Waals surface area contributed by atoms with Crippen molar-refractivity contribution >= 4 is 47.3 Å². The summed E-state index contributed by atoms with van der Waals surface area (Å²) in [5.41, 5.74) is 4.47. The molecule has 4 aliphatic rings. The smallest absolute Gasteiger partial charge is 0.251 e. The minimum absolute atomic E-state index is 0.0486. The van der Waals surface area contributed by atoms with Crippen LogP contribution in [0.25, 0.3) is 11.1 Å². The van der Waals surface area contributed by atoms with Gasteiger partial charge in [0.1, 0.15) is 12.1 Å². The second-order valence-corrected chi connectivity index (χ2v) is 24.1. The lowest BCUT2D eigenvalue weighted by molar-refractivity contribution is -0.141. The molecule has 18 heteroatoms. The standard InChI is InChI=1S/C68H92N10O8/c1-47(69-3)63(81)73-61(53-23-13-7-14-24-53)67(85)77-39-17-27-57(77)45-75(41-37-49-19-9-5-10-20-49)59(79)43-71-65(83)55-33-29-51(30-34-55)52-31-35-56(36-32-52)66(84)72-44-60(80)76(42-38-50-21-11-6-12-22-50)46-58-28-18-40-78(58)68(86)62(54-25-15-8-16-26-54)74-64(82)48(2)70-4/h5-6,9-12,19-22,29-36,47-48,53-54,57-58,61-62,69-70H,7-8,13-18,23-28,37-46H2,1-4H3,(H,71,83)(H,72,84)(H,73,81)(H,74,82)/t47-,48-,57-,58+,61-,62-/m0/s1. The molecule has 0 unspecified atom stereocenters. The van der Waals surface area contributed by atoms with Crippen molar-refractivity contribution < 1.29 is 38.4 Å². The van der Waals surface area contributed by atoms with Gasteiger partial charge in [0.25, 0.3) is 11.8 Å². The molecule has 4 aromatic rings. The minimum atomic E-state index is -0.634. The molecule has 2 aliphatic heterocycles. The van der Waals surface area contributed by atoms with Crippen LogP contribution in [0.3, 0.4) is 0 Å². The Hall–Kier alpha value is -7.44. The van der Waals surface area contributed by atoms with Gasteiger partial charge < -0.3 is 51.5 Å². The summed E-state index contributed by atoms with van der Waals surface area (Å²) in [6.07, 6.45) is 14.0. The van der Waals surface area contributed by atoms with Crippen LogP contribution in [0.4, 0.5) is 0 Å². The van der Waals surface area contributed by atoms with Gasteiger partial charge in [0.15, 0.2) is 0 Å². The summed E-state index contributed by atoms with van der Waals surface area (Å²) in [5.74, 6) is -1.83. The van der Waals surface area contributed by atoms with E-state index < -0.39 is 36.0 Å². The van der Waals surface area contributed by atoms with Crippen molar-refractivity contribution in [2.24, 2.45) is 11.8 Å². The second kappa shape index (κ2) is 32.3. The maximum atomic E-state index is 14.5. The molecule has 4 aromatic carbocycles. The Morgan fingerprint density at radius 1 is 0.465 bits per heavy atom. The van der Waals surface area contributed by atoms with E-state index in [1.54, 1.807) is 62.0 Å². The van der Waals surface area contributed by atoms with E-state index in [1.807, 2.05) is 94.7 Å². The predicted molar refractivity (Wildman–Crippen MR) is 334 cm³/mol. The van der Waals surface area contributed by atoms with E-state index in [-0.39, 0.29) is 72.5 Å². The van der Waals surface area contributed by atoms with Gasteiger partial charge in [0, 0.05) is 62.5 Å². The number of hydrogen-bond donors (Lipinski definition) is 6. The van der Waals surface area contributed by atoms with Crippen molar-refractivity contribution in [3.8, 4) is 11.1 Å². The van der Waals surface area contributed by atoms with Gasteiger partial charge in [0.2, 0.25) is 35.4 Å². The van der Waals surface area contributed by atoms with Crippen molar-refractivity contribution in [1.82, 2.24) is 51.5 Å². The first-order chi connectivity index (χ1) is 41.7. The third-order valence-corrected chi connectivity index (χ3v) is 18.4. The predicted octanol–water partition coefficient (Wildman–Crippen LogP) is 6.28. The molecule has 2 saturated heterocycles. The number of amides is 8. The van der Waals surface area contributed by atoms with Crippen LogP contribution in [-0.4, -0.2) is 170 Å². The maximum Gasteiger partial charge on any atom is 0.251 e. The second-order valence-electron chi connectivity index (χ2n) is 24.1. The largest absolute Gasteiger partial charge is 0.343 e. The number of nitrogens with zero attached hydrogens (tertiary/aromatic N) is 4. The summed E-state index contributed by atoms with van der Waals surface area (Å²) in [4.78, 5) is 118. The van der Waals surface area contributed by atoms with Gasteiger partial charge in [-0.1, -0.05) is 123 Å². The number of carbonyl (C=O) groups is 8. The number of likely N-dealkylation sites (N-methyl/N-ethyl adjacent to an activating group) is 2. The molecule has 6 N–H and O–H groups in total. The van der Waals surface area contributed by atoms with Gasteiger partial charge in [-0.3, -0.25) is 38.4 Å². The van der Waals surface area contributed by atoms with Crippen molar-refractivity contribution in [2.75, 3.05) is 66.5 Å². The van der Waals surface area contributed by atoms with Gasteiger partial charge in [-0.25, -0.2) is 0 Å². The molecule has 6 atom stereocenters. The Labute approximate surface area is 508 Å². The molecule has 4 fully saturated rings. The number of hydrogen-bond acceptors (Lipinski definition) is 10. The molecule has 2 heterocycles. The van der Waals surface area contributed by atoms with E-state index in [2.05, 4.69) is 31.9 Å². The first-order valence-electron chi connectivity index (χ1n) is 31.7. The number of benzene rings is 4. The molecule has 2 aliphatic carbocycles. The quantitative estimate of drug-likeness (QED) is 0.0392. The third-order valence-electron chi connectivity index (χ3n) is 18.4.